The van der Waals surface area contributed by atoms with Crippen molar-refractivity contribution in [3.63, 3.8) is 0 Å². The largest absolute Gasteiger partial charge is 0.324 e. The number of nitrogens with one attached hydrogen (secondary N) is 1. The number of halogens is 2. The van der Waals surface area contributed by atoms with Crippen LogP contribution in [-0.4, -0.2) is 10.5 Å². The Bertz CT molecular complexity index is 768. The zero-order valence-corrected chi connectivity index (χ0v) is 12.0. The number of carbonyl (C=O) groups excluding carboxylic acids is 1. The molecule has 0 fully saturated rings. The lowest BCUT2D eigenvalue weighted by atomic mass is 10.0. The van der Waals surface area contributed by atoms with Gasteiger partial charge in [-0.05, 0) is 36.8 Å². The van der Waals surface area contributed by atoms with Crippen LogP contribution in [0.25, 0.3) is 0 Å². The summed E-state index contributed by atoms with van der Waals surface area (Å²) in [4.78, 5) is 24.3. The Balaban J connectivity index is 2.29. The van der Waals surface area contributed by atoms with Crippen LogP contribution in [0.15, 0.2) is 41.2 Å². The van der Waals surface area contributed by atoms with Crippen LogP contribution in [0, 0.1) is 0 Å². The summed E-state index contributed by atoms with van der Waals surface area (Å²) in [6, 6.07) is 9.93. The van der Waals surface area contributed by atoms with Crippen molar-refractivity contribution in [2.24, 2.45) is 0 Å². The van der Waals surface area contributed by atoms with Gasteiger partial charge in [-0.15, -0.1) is 0 Å². The number of benzene rings is 1. The Hall–Kier alpha value is -1.78. The third-order valence-corrected chi connectivity index (χ3v) is 4.02. The van der Waals surface area contributed by atoms with Crippen molar-refractivity contribution in [1.29, 1.82) is 0 Å². The molecule has 0 aliphatic carbocycles. The van der Waals surface area contributed by atoms with Crippen LogP contribution in [0.3, 0.4) is 0 Å². The summed E-state index contributed by atoms with van der Waals surface area (Å²) < 4.78 is 1.38. The van der Waals surface area contributed by atoms with E-state index in [4.69, 9.17) is 23.2 Å². The summed E-state index contributed by atoms with van der Waals surface area (Å²) in [6.45, 7) is 1.75. The lowest BCUT2D eigenvalue weighted by Gasteiger charge is -2.27. The Kier molecular flexibility index (Phi) is 2.88. The van der Waals surface area contributed by atoms with Gasteiger partial charge in [-0.3, -0.25) is 14.2 Å². The van der Waals surface area contributed by atoms with Gasteiger partial charge in [0, 0.05) is 5.02 Å². The molecule has 1 aromatic heterocycles. The van der Waals surface area contributed by atoms with Crippen LogP contribution < -0.4 is 10.9 Å². The highest BCUT2D eigenvalue weighted by molar-refractivity contribution is 6.30. The van der Waals surface area contributed by atoms with Gasteiger partial charge in [-0.2, -0.15) is 0 Å². The maximum atomic E-state index is 12.3. The van der Waals surface area contributed by atoms with Crippen molar-refractivity contribution in [2.45, 2.75) is 12.6 Å². The molecule has 6 heteroatoms. The highest BCUT2D eigenvalue weighted by atomic mass is 35.5. The topological polar surface area (TPSA) is 51.1 Å². The van der Waals surface area contributed by atoms with Gasteiger partial charge in [-0.25, -0.2) is 0 Å². The maximum absolute atomic E-state index is 12.3. The molecule has 0 saturated heterocycles. The van der Waals surface area contributed by atoms with Gasteiger partial charge in [0.15, 0.2) is 0 Å². The number of carbonyl (C=O) groups is 1. The average molecular weight is 309 g/mol. The molecule has 2 heterocycles. The molecule has 0 spiro atoms. The van der Waals surface area contributed by atoms with E-state index in [1.807, 2.05) is 0 Å². The van der Waals surface area contributed by atoms with Crippen molar-refractivity contribution in [1.82, 2.24) is 9.88 Å². The zero-order valence-electron chi connectivity index (χ0n) is 10.5. The lowest BCUT2D eigenvalue weighted by molar-refractivity contribution is 0.0941. The number of aromatic nitrogens is 1. The number of hydrogen-bond acceptors (Lipinski definition) is 2. The molecule has 20 heavy (non-hydrogen) atoms. The molecule has 102 valence electrons. The second kappa shape index (κ2) is 4.36. The highest BCUT2D eigenvalue weighted by Crippen LogP contribution is 2.29. The third-order valence-electron chi connectivity index (χ3n) is 3.48. The Labute approximate surface area is 124 Å². The van der Waals surface area contributed by atoms with E-state index in [0.717, 1.165) is 5.56 Å². The summed E-state index contributed by atoms with van der Waals surface area (Å²) in [5.74, 6) is -0.309. The molecule has 1 aromatic carbocycles. The van der Waals surface area contributed by atoms with E-state index < -0.39 is 11.2 Å². The van der Waals surface area contributed by atoms with E-state index in [1.165, 1.54) is 10.6 Å². The van der Waals surface area contributed by atoms with Crippen LogP contribution >= 0.6 is 23.2 Å². The molecule has 1 aliphatic rings. The molecule has 1 amide bonds. The van der Waals surface area contributed by atoms with E-state index in [9.17, 15) is 9.59 Å². The normalized spacial score (nSPS) is 20.6. The highest BCUT2D eigenvalue weighted by Gasteiger charge is 2.41. The SMILES string of the molecule is CC1(c2ccc(Cl)cc2)NC(=O)c2ccc(Cl)c(=O)n21. The Morgan fingerprint density at radius 2 is 1.70 bits per heavy atom. The minimum absolute atomic E-state index is 0.0745. The number of pyridine rings is 1. The van der Waals surface area contributed by atoms with Crippen LogP contribution in [0.4, 0.5) is 0 Å². The second-order valence-corrected chi connectivity index (χ2v) is 5.58. The number of amides is 1. The van der Waals surface area contributed by atoms with Crippen molar-refractivity contribution < 1.29 is 4.79 Å². The molecule has 1 atom stereocenters. The first-order chi connectivity index (χ1) is 9.43. The number of fused-ring (bicyclic) bond motifs is 1. The van der Waals surface area contributed by atoms with Gasteiger partial charge >= 0.3 is 0 Å². The fourth-order valence-corrected chi connectivity index (χ4v) is 2.73. The van der Waals surface area contributed by atoms with E-state index in [1.54, 1.807) is 37.3 Å². The smallest absolute Gasteiger partial charge is 0.272 e. The molecular weight excluding hydrogens is 299 g/mol. The van der Waals surface area contributed by atoms with Crippen molar-refractivity contribution in [3.05, 3.63) is 68.1 Å². The van der Waals surface area contributed by atoms with E-state index in [2.05, 4.69) is 5.32 Å². The predicted molar refractivity (Wildman–Crippen MR) is 77.4 cm³/mol. The fraction of sp³-hybridized carbons (Fsp3) is 0.143. The molecule has 0 saturated carbocycles. The Morgan fingerprint density at radius 1 is 1.05 bits per heavy atom. The molecule has 1 unspecified atom stereocenters. The van der Waals surface area contributed by atoms with Crippen molar-refractivity contribution in [3.8, 4) is 0 Å². The summed E-state index contributed by atoms with van der Waals surface area (Å²) in [6.07, 6.45) is 0. The van der Waals surface area contributed by atoms with Crippen LogP contribution in [-0.2, 0) is 5.66 Å². The van der Waals surface area contributed by atoms with Gasteiger partial charge in [0.2, 0.25) is 0 Å². The van der Waals surface area contributed by atoms with Gasteiger partial charge in [-0.1, -0.05) is 35.3 Å². The molecule has 0 radical (unpaired) electrons. The molecule has 4 nitrogen and oxygen atoms in total. The monoisotopic (exact) mass is 308 g/mol. The van der Waals surface area contributed by atoms with Crippen LogP contribution in [0.2, 0.25) is 10.0 Å². The third kappa shape index (κ3) is 1.76. The minimum Gasteiger partial charge on any atom is -0.324 e. The number of hydrogen-bond donors (Lipinski definition) is 1. The average Bonchev–Trinajstić information content (AvgIpc) is 2.67. The predicted octanol–water partition coefficient (Wildman–Crippen LogP) is 2.62. The summed E-state index contributed by atoms with van der Waals surface area (Å²) in [5, 5.41) is 3.48. The molecule has 1 N–H and O–H groups in total. The van der Waals surface area contributed by atoms with Crippen molar-refractivity contribution >= 4 is 29.1 Å². The quantitative estimate of drug-likeness (QED) is 0.880. The molecule has 1 aliphatic heterocycles. The molecule has 2 aromatic rings. The van der Waals surface area contributed by atoms with E-state index in [-0.39, 0.29) is 16.6 Å². The van der Waals surface area contributed by atoms with Gasteiger partial charge < -0.3 is 5.32 Å². The zero-order chi connectivity index (χ0) is 14.5. The minimum atomic E-state index is -0.973. The van der Waals surface area contributed by atoms with Crippen molar-refractivity contribution in [2.75, 3.05) is 0 Å². The van der Waals surface area contributed by atoms with E-state index in [0.29, 0.717) is 5.02 Å². The number of rotatable bonds is 1. The first-order valence-corrected chi connectivity index (χ1v) is 6.70. The summed E-state index contributed by atoms with van der Waals surface area (Å²) in [5.41, 5.74) is -0.339. The first-order valence-electron chi connectivity index (χ1n) is 5.94. The fourth-order valence-electron chi connectivity index (χ4n) is 2.45. The maximum Gasteiger partial charge on any atom is 0.272 e. The van der Waals surface area contributed by atoms with Gasteiger partial charge in [0.05, 0.1) is 0 Å². The molecule has 3 rings (SSSR count). The van der Waals surface area contributed by atoms with Crippen LogP contribution in [0.5, 0.6) is 0 Å². The van der Waals surface area contributed by atoms with Crippen LogP contribution in [0.1, 0.15) is 23.0 Å². The lowest BCUT2D eigenvalue weighted by Crippen LogP contribution is -2.45. The second-order valence-electron chi connectivity index (χ2n) is 4.74. The Morgan fingerprint density at radius 3 is 2.35 bits per heavy atom. The van der Waals surface area contributed by atoms with E-state index >= 15 is 0 Å². The number of nitrogens with zero attached hydrogens (tertiary/aromatic N) is 1. The molecule has 0 bridgehead atoms. The summed E-state index contributed by atoms with van der Waals surface area (Å²) >= 11 is 11.8. The summed E-state index contributed by atoms with van der Waals surface area (Å²) in [7, 11) is 0. The van der Waals surface area contributed by atoms with Gasteiger partial charge in [0.1, 0.15) is 16.4 Å². The van der Waals surface area contributed by atoms with Gasteiger partial charge in [0.25, 0.3) is 11.5 Å². The standard InChI is InChI=1S/C14H10Cl2N2O2/c1-14(8-2-4-9(15)5-3-8)17-12(19)11-7-6-10(16)13(20)18(11)14/h2-7H,1H3,(H,17,19). The first kappa shape index (κ1) is 13.2. The molecular formula is C14H10Cl2N2O2.